The minimum Gasteiger partial charge on any atom is -0.496 e. The molecule has 0 bridgehead atoms. The summed E-state index contributed by atoms with van der Waals surface area (Å²) in [7, 11) is 1.45. The molecule has 1 amide bonds. The average molecular weight is 296 g/mol. The molecule has 7 nitrogen and oxygen atoms in total. The van der Waals surface area contributed by atoms with Gasteiger partial charge in [0.15, 0.2) is 0 Å². The van der Waals surface area contributed by atoms with Crippen LogP contribution in [0, 0.1) is 10.1 Å². The van der Waals surface area contributed by atoms with Crippen LogP contribution in [0.5, 0.6) is 5.75 Å². The van der Waals surface area contributed by atoms with Gasteiger partial charge in [-0.2, -0.15) is 0 Å². The van der Waals surface area contributed by atoms with Crippen LogP contribution in [0.15, 0.2) is 18.2 Å². The van der Waals surface area contributed by atoms with Crippen molar-refractivity contribution >= 4 is 11.8 Å². The summed E-state index contributed by atoms with van der Waals surface area (Å²) in [4.78, 5) is 22.1. The topological polar surface area (TPSA) is 90.7 Å². The first-order chi connectivity index (χ1) is 9.74. The summed E-state index contributed by atoms with van der Waals surface area (Å²) in [6, 6.07) is 4.61. The summed E-state index contributed by atoms with van der Waals surface area (Å²) in [6.45, 7) is 5.50. The highest BCUT2D eigenvalue weighted by Gasteiger charge is 2.19. The van der Waals surface area contributed by atoms with Gasteiger partial charge in [0, 0.05) is 19.0 Å². The number of benzene rings is 1. The molecule has 0 aromatic heterocycles. The molecule has 1 rings (SSSR count). The standard InChI is InChI=1S/C14H20N2O5/c1-14(2,3)21-13(17)15-9-8-10-11(16(18)19)6-5-7-12(10)20-4/h5-7H,8-9H2,1-4H3,(H,15,17). The Bertz CT molecular complexity index is 523. The molecule has 0 radical (unpaired) electrons. The molecule has 0 spiro atoms. The maximum absolute atomic E-state index is 11.5. The number of alkyl carbamates (subject to hydrolysis) is 1. The Balaban J connectivity index is 2.71. The van der Waals surface area contributed by atoms with Crippen LogP contribution >= 0.6 is 0 Å². The van der Waals surface area contributed by atoms with E-state index in [1.807, 2.05) is 0 Å². The van der Waals surface area contributed by atoms with E-state index in [1.165, 1.54) is 13.2 Å². The first-order valence-electron chi connectivity index (χ1n) is 6.51. The van der Waals surface area contributed by atoms with E-state index in [2.05, 4.69) is 5.32 Å². The minimum atomic E-state index is -0.583. The van der Waals surface area contributed by atoms with Crippen LogP contribution in [0.25, 0.3) is 0 Å². The number of hydrogen-bond acceptors (Lipinski definition) is 5. The Labute approximate surface area is 123 Å². The quantitative estimate of drug-likeness (QED) is 0.666. The number of nitrogens with zero attached hydrogens (tertiary/aromatic N) is 1. The Morgan fingerprint density at radius 2 is 2.05 bits per heavy atom. The molecule has 1 N–H and O–H groups in total. The van der Waals surface area contributed by atoms with Crippen LogP contribution in [-0.2, 0) is 11.2 Å². The largest absolute Gasteiger partial charge is 0.496 e. The van der Waals surface area contributed by atoms with Gasteiger partial charge < -0.3 is 14.8 Å². The second kappa shape index (κ2) is 6.92. The van der Waals surface area contributed by atoms with Crippen molar-refractivity contribution in [1.29, 1.82) is 0 Å². The lowest BCUT2D eigenvalue weighted by Gasteiger charge is -2.19. The molecule has 0 fully saturated rings. The number of nitro groups is 1. The Morgan fingerprint density at radius 1 is 1.38 bits per heavy atom. The molecular formula is C14H20N2O5. The number of carbonyl (C=O) groups is 1. The Kier molecular flexibility index (Phi) is 5.52. The highest BCUT2D eigenvalue weighted by atomic mass is 16.6. The molecule has 21 heavy (non-hydrogen) atoms. The van der Waals surface area contributed by atoms with Gasteiger partial charge in [0.1, 0.15) is 11.4 Å². The van der Waals surface area contributed by atoms with E-state index in [0.29, 0.717) is 11.3 Å². The molecule has 0 aliphatic heterocycles. The second-order valence-corrected chi connectivity index (χ2v) is 5.39. The van der Waals surface area contributed by atoms with Crippen molar-refractivity contribution in [3.63, 3.8) is 0 Å². The highest BCUT2D eigenvalue weighted by Crippen LogP contribution is 2.28. The third-order valence-corrected chi connectivity index (χ3v) is 2.57. The summed E-state index contributed by atoms with van der Waals surface area (Å²) >= 11 is 0. The number of carbonyl (C=O) groups excluding carboxylic acids is 1. The zero-order valence-electron chi connectivity index (χ0n) is 12.6. The predicted octanol–water partition coefficient (Wildman–Crippen LogP) is 2.67. The third kappa shape index (κ3) is 5.29. The van der Waals surface area contributed by atoms with Crippen molar-refractivity contribution in [2.45, 2.75) is 32.8 Å². The van der Waals surface area contributed by atoms with E-state index < -0.39 is 16.6 Å². The summed E-state index contributed by atoms with van der Waals surface area (Å²) in [5, 5.41) is 13.6. The summed E-state index contributed by atoms with van der Waals surface area (Å²) in [5.41, 5.74) is -0.165. The van der Waals surface area contributed by atoms with Gasteiger partial charge in [-0.25, -0.2) is 4.79 Å². The molecule has 0 aliphatic rings. The summed E-state index contributed by atoms with van der Waals surface area (Å²) < 4.78 is 10.2. The third-order valence-electron chi connectivity index (χ3n) is 2.57. The smallest absolute Gasteiger partial charge is 0.407 e. The molecule has 0 saturated heterocycles. The SMILES string of the molecule is COc1cccc([N+](=O)[O-])c1CCNC(=O)OC(C)(C)C. The first-order valence-corrected chi connectivity index (χ1v) is 6.51. The molecular weight excluding hydrogens is 276 g/mol. The monoisotopic (exact) mass is 296 g/mol. The van der Waals surface area contributed by atoms with E-state index in [1.54, 1.807) is 32.9 Å². The molecule has 0 aliphatic carbocycles. The van der Waals surface area contributed by atoms with E-state index in [9.17, 15) is 14.9 Å². The zero-order valence-corrected chi connectivity index (χ0v) is 12.6. The fraction of sp³-hybridized carbons (Fsp3) is 0.500. The van der Waals surface area contributed by atoms with Crippen molar-refractivity contribution in [3.05, 3.63) is 33.9 Å². The van der Waals surface area contributed by atoms with Gasteiger partial charge in [0.25, 0.3) is 5.69 Å². The van der Waals surface area contributed by atoms with E-state index in [0.717, 1.165) is 0 Å². The van der Waals surface area contributed by atoms with Gasteiger partial charge in [-0.1, -0.05) is 6.07 Å². The summed E-state index contributed by atoms with van der Waals surface area (Å²) in [6.07, 6.45) is -0.278. The molecule has 1 aromatic rings. The number of nitro benzene ring substituents is 1. The van der Waals surface area contributed by atoms with Gasteiger partial charge >= 0.3 is 6.09 Å². The second-order valence-electron chi connectivity index (χ2n) is 5.39. The normalized spacial score (nSPS) is 10.9. The molecule has 0 saturated carbocycles. The fourth-order valence-electron chi connectivity index (χ4n) is 1.77. The molecule has 116 valence electrons. The number of ether oxygens (including phenoxy) is 2. The lowest BCUT2D eigenvalue weighted by Crippen LogP contribution is -2.33. The van der Waals surface area contributed by atoms with Crippen molar-refractivity contribution in [2.24, 2.45) is 0 Å². The number of rotatable bonds is 5. The molecule has 1 aromatic carbocycles. The maximum Gasteiger partial charge on any atom is 0.407 e. The Hall–Kier alpha value is -2.31. The number of nitrogens with one attached hydrogen (secondary N) is 1. The van der Waals surface area contributed by atoms with Gasteiger partial charge in [-0.15, -0.1) is 0 Å². The van der Waals surface area contributed by atoms with Crippen LogP contribution in [0.4, 0.5) is 10.5 Å². The van der Waals surface area contributed by atoms with Crippen LogP contribution < -0.4 is 10.1 Å². The molecule has 0 heterocycles. The Morgan fingerprint density at radius 3 is 2.57 bits per heavy atom. The van der Waals surface area contributed by atoms with Crippen molar-refractivity contribution in [2.75, 3.05) is 13.7 Å². The van der Waals surface area contributed by atoms with Gasteiger partial charge in [0.05, 0.1) is 17.6 Å². The van der Waals surface area contributed by atoms with Gasteiger partial charge in [-0.3, -0.25) is 10.1 Å². The van der Waals surface area contributed by atoms with E-state index >= 15 is 0 Å². The van der Waals surface area contributed by atoms with E-state index in [-0.39, 0.29) is 18.7 Å². The van der Waals surface area contributed by atoms with Crippen molar-refractivity contribution in [1.82, 2.24) is 5.32 Å². The number of hydrogen-bond donors (Lipinski definition) is 1. The number of methoxy groups -OCH3 is 1. The molecule has 0 unspecified atom stereocenters. The maximum atomic E-state index is 11.5. The van der Waals surface area contributed by atoms with Crippen LogP contribution in [0.3, 0.4) is 0 Å². The molecule has 7 heteroatoms. The average Bonchev–Trinajstić information content (AvgIpc) is 2.36. The van der Waals surface area contributed by atoms with Gasteiger partial charge in [0.2, 0.25) is 0 Å². The minimum absolute atomic E-state index is 0.0275. The van der Waals surface area contributed by atoms with Crippen LogP contribution in [0.2, 0.25) is 0 Å². The molecule has 0 atom stereocenters. The van der Waals surface area contributed by atoms with Crippen LogP contribution in [-0.4, -0.2) is 30.3 Å². The van der Waals surface area contributed by atoms with Crippen molar-refractivity contribution in [3.8, 4) is 5.75 Å². The predicted molar refractivity (Wildman–Crippen MR) is 77.6 cm³/mol. The lowest BCUT2D eigenvalue weighted by atomic mass is 10.1. The summed E-state index contributed by atoms with van der Waals surface area (Å²) in [5.74, 6) is 0.426. The fourth-order valence-corrected chi connectivity index (χ4v) is 1.77. The van der Waals surface area contributed by atoms with Crippen LogP contribution in [0.1, 0.15) is 26.3 Å². The van der Waals surface area contributed by atoms with E-state index in [4.69, 9.17) is 9.47 Å². The lowest BCUT2D eigenvalue weighted by molar-refractivity contribution is -0.385. The zero-order chi connectivity index (χ0) is 16.0. The van der Waals surface area contributed by atoms with Gasteiger partial charge in [-0.05, 0) is 26.8 Å². The highest BCUT2D eigenvalue weighted by molar-refractivity contribution is 5.67. The van der Waals surface area contributed by atoms with Crippen molar-refractivity contribution < 1.29 is 19.2 Å². The number of amides is 1. The first kappa shape index (κ1) is 16.7.